The van der Waals surface area contributed by atoms with Crippen LogP contribution in [0.1, 0.15) is 36.5 Å². The quantitative estimate of drug-likeness (QED) is 0.107. The Bertz CT molecular complexity index is 1580. The molecule has 264 valence electrons. The minimum Gasteiger partial charge on any atom is -0.467 e. The molecule has 2 heterocycles. The van der Waals surface area contributed by atoms with Gasteiger partial charge >= 0.3 is 0 Å². The van der Waals surface area contributed by atoms with E-state index in [-0.39, 0.29) is 26.1 Å². The van der Waals surface area contributed by atoms with E-state index in [0.29, 0.717) is 34.8 Å². The Hall–Kier alpha value is -3.49. The Morgan fingerprint density at radius 2 is 1.53 bits per heavy atom. The van der Waals surface area contributed by atoms with Crippen LogP contribution < -0.4 is 9.47 Å². The van der Waals surface area contributed by atoms with Gasteiger partial charge in [-0.3, -0.25) is 9.47 Å². The van der Waals surface area contributed by atoms with Crippen LogP contribution in [0.25, 0.3) is 17.1 Å². The third kappa shape index (κ3) is 10.3. The molecule has 4 aromatic rings. The lowest BCUT2D eigenvalue weighted by Crippen LogP contribution is -2.43. The molecule has 11 nitrogen and oxygen atoms in total. The number of rotatable bonds is 18. The minimum atomic E-state index is -0.696. The molecule has 1 atom stereocenters. The fourth-order valence-electron chi connectivity index (χ4n) is 5.58. The smallest absolute Gasteiger partial charge is 0.196 e. The van der Waals surface area contributed by atoms with Crippen LogP contribution in [-0.4, -0.2) is 109 Å². The van der Waals surface area contributed by atoms with Gasteiger partial charge in [0.2, 0.25) is 0 Å². The zero-order chi connectivity index (χ0) is 34.6. The maximum Gasteiger partial charge on any atom is 0.196 e. The molecule has 0 radical (unpaired) electrons. The Morgan fingerprint density at radius 3 is 2.20 bits per heavy atom. The molecule has 1 N–H and O–H groups in total. The summed E-state index contributed by atoms with van der Waals surface area (Å²) in [6, 6.07) is 22.4. The van der Waals surface area contributed by atoms with Crippen molar-refractivity contribution in [3.05, 3.63) is 83.4 Å². The monoisotopic (exact) mass is 691 g/mol. The number of piperazine rings is 1. The molecule has 1 fully saturated rings. The first-order valence-corrected chi connectivity index (χ1v) is 17.6. The van der Waals surface area contributed by atoms with Crippen molar-refractivity contribution in [3.63, 3.8) is 0 Å². The second-order valence-corrected chi connectivity index (χ2v) is 13.5. The fraction of sp³-hybridized carbons (Fsp3) is 0.459. The first-order chi connectivity index (χ1) is 23.9. The third-order valence-corrected chi connectivity index (χ3v) is 9.37. The third-order valence-electron chi connectivity index (χ3n) is 8.30. The molecule has 1 aliphatic heterocycles. The molecule has 0 amide bonds. The minimum absolute atomic E-state index is 0.0453. The predicted octanol–water partition coefficient (Wildman–Crippen LogP) is 5.44. The summed E-state index contributed by atoms with van der Waals surface area (Å²) in [5, 5.41) is 20.8. The molecule has 0 aliphatic carbocycles. The van der Waals surface area contributed by atoms with Crippen molar-refractivity contribution in [2.75, 3.05) is 73.4 Å². The predicted molar refractivity (Wildman–Crippen MR) is 191 cm³/mol. The normalized spacial score (nSPS) is 14.8. The van der Waals surface area contributed by atoms with E-state index >= 15 is 0 Å². The van der Waals surface area contributed by atoms with E-state index in [1.807, 2.05) is 47.0 Å². The molecule has 1 aliphatic rings. The Kier molecular flexibility index (Phi) is 13.9. The zero-order valence-corrected chi connectivity index (χ0v) is 30.0. The van der Waals surface area contributed by atoms with Crippen LogP contribution in [0.2, 0.25) is 0 Å². The molecule has 1 saturated heterocycles. The summed E-state index contributed by atoms with van der Waals surface area (Å²) in [5.41, 5.74) is 4.94. The number of aliphatic hydroxyl groups excluding tert-OH is 1. The molecule has 1 aromatic heterocycles. The molecule has 3 aromatic carbocycles. The second kappa shape index (κ2) is 18.5. The number of methoxy groups -OCH3 is 2. The van der Waals surface area contributed by atoms with Crippen LogP contribution in [0.5, 0.6) is 11.5 Å². The highest BCUT2D eigenvalue weighted by atomic mass is 32.2. The summed E-state index contributed by atoms with van der Waals surface area (Å²) in [5.74, 6) is 2.34. The number of ether oxygens (including phenoxy) is 5. The van der Waals surface area contributed by atoms with E-state index in [9.17, 15) is 5.11 Å². The molecule has 12 heteroatoms. The number of aliphatic hydroxyl groups is 1. The van der Waals surface area contributed by atoms with Gasteiger partial charge in [0, 0.05) is 64.4 Å². The van der Waals surface area contributed by atoms with Crippen molar-refractivity contribution in [1.29, 1.82) is 0 Å². The number of benzene rings is 3. The van der Waals surface area contributed by atoms with E-state index < -0.39 is 6.10 Å². The van der Waals surface area contributed by atoms with E-state index in [4.69, 9.17) is 28.8 Å². The molecular weight excluding hydrogens is 643 g/mol. The SMILES string of the molecule is COCOc1cc(OCOC)c(C(C)C)cc1-c1nnc(SCC(O)COCc2ccccc2)n1-c1ccc(CN2CCN(C)CC2)cc1. The lowest BCUT2D eigenvalue weighted by molar-refractivity contribution is 0.0397. The van der Waals surface area contributed by atoms with Gasteiger partial charge in [-0.2, -0.15) is 0 Å². The number of nitrogens with zero attached hydrogens (tertiary/aromatic N) is 5. The number of hydrogen-bond acceptors (Lipinski definition) is 11. The van der Waals surface area contributed by atoms with Gasteiger partial charge in [0.1, 0.15) is 11.5 Å². The molecule has 49 heavy (non-hydrogen) atoms. The summed E-state index contributed by atoms with van der Waals surface area (Å²) >= 11 is 1.43. The highest BCUT2D eigenvalue weighted by Crippen LogP contribution is 2.40. The number of hydrogen-bond donors (Lipinski definition) is 1. The summed E-state index contributed by atoms with van der Waals surface area (Å²) < 4.78 is 30.4. The van der Waals surface area contributed by atoms with E-state index in [1.54, 1.807) is 14.2 Å². The maximum atomic E-state index is 10.9. The van der Waals surface area contributed by atoms with Gasteiger partial charge in [-0.1, -0.05) is 68.1 Å². The van der Waals surface area contributed by atoms with Gasteiger partial charge in [0.15, 0.2) is 24.6 Å². The number of thioether (sulfide) groups is 1. The van der Waals surface area contributed by atoms with Crippen LogP contribution in [0.4, 0.5) is 0 Å². The van der Waals surface area contributed by atoms with Gasteiger partial charge in [0.25, 0.3) is 0 Å². The second-order valence-electron chi connectivity index (χ2n) is 12.5. The Labute approximate surface area is 294 Å². The fourth-order valence-corrected chi connectivity index (χ4v) is 6.44. The van der Waals surface area contributed by atoms with Gasteiger partial charge in [0.05, 0.1) is 24.9 Å². The number of likely N-dealkylation sites (N-methyl/N-ethyl adjacent to an activating group) is 1. The van der Waals surface area contributed by atoms with Gasteiger partial charge in [-0.15, -0.1) is 10.2 Å². The summed E-state index contributed by atoms with van der Waals surface area (Å²) in [4.78, 5) is 4.85. The standard InChI is InChI=1S/C37H49N5O6S/c1-27(2)32-19-33(35(48-26-45-5)20-34(32)47-25-44-4)36-38-39-37(49-24-31(43)23-46-22-29-9-7-6-8-10-29)42(36)30-13-11-28(12-14-30)21-41-17-15-40(3)16-18-41/h6-14,19-20,27,31,43H,15-18,21-26H2,1-5H3. The molecule has 0 bridgehead atoms. The molecule has 1 unspecified atom stereocenters. The molecule has 5 rings (SSSR count). The topological polar surface area (TPSA) is 104 Å². The molecular formula is C37H49N5O6S. The Morgan fingerprint density at radius 1 is 0.837 bits per heavy atom. The average Bonchev–Trinajstić information content (AvgIpc) is 3.54. The lowest BCUT2D eigenvalue weighted by atomic mass is 9.98. The largest absolute Gasteiger partial charge is 0.467 e. The van der Waals surface area contributed by atoms with Crippen LogP contribution in [0.3, 0.4) is 0 Å². The van der Waals surface area contributed by atoms with Crippen LogP contribution in [-0.2, 0) is 27.4 Å². The van der Waals surface area contributed by atoms with E-state index in [1.165, 1.54) is 17.3 Å². The average molecular weight is 692 g/mol. The molecule has 0 spiro atoms. The van der Waals surface area contributed by atoms with Gasteiger partial charge in [-0.05, 0) is 47.9 Å². The maximum absolute atomic E-state index is 10.9. The highest BCUT2D eigenvalue weighted by Gasteiger charge is 2.24. The Balaban J connectivity index is 1.45. The van der Waals surface area contributed by atoms with E-state index in [0.717, 1.165) is 55.1 Å². The van der Waals surface area contributed by atoms with Crippen molar-refractivity contribution in [1.82, 2.24) is 24.6 Å². The summed E-state index contributed by atoms with van der Waals surface area (Å²) in [7, 11) is 5.35. The van der Waals surface area contributed by atoms with Gasteiger partial charge in [-0.25, -0.2) is 0 Å². The van der Waals surface area contributed by atoms with Crippen LogP contribution in [0, 0.1) is 0 Å². The van der Waals surface area contributed by atoms with Gasteiger partial charge < -0.3 is 33.7 Å². The summed E-state index contributed by atoms with van der Waals surface area (Å²) in [6.45, 7) is 10.2. The zero-order valence-electron chi connectivity index (χ0n) is 29.2. The first-order valence-electron chi connectivity index (χ1n) is 16.7. The lowest BCUT2D eigenvalue weighted by Gasteiger charge is -2.32. The van der Waals surface area contributed by atoms with Crippen molar-refractivity contribution in [2.45, 2.75) is 44.2 Å². The van der Waals surface area contributed by atoms with Crippen LogP contribution >= 0.6 is 11.8 Å². The van der Waals surface area contributed by atoms with Crippen molar-refractivity contribution >= 4 is 11.8 Å². The summed E-state index contributed by atoms with van der Waals surface area (Å²) in [6.07, 6.45) is -0.696. The van der Waals surface area contributed by atoms with Crippen molar-refractivity contribution < 1.29 is 28.8 Å². The van der Waals surface area contributed by atoms with Crippen molar-refractivity contribution in [2.24, 2.45) is 0 Å². The van der Waals surface area contributed by atoms with Crippen molar-refractivity contribution in [3.8, 4) is 28.6 Å². The van der Waals surface area contributed by atoms with Crippen LogP contribution in [0.15, 0.2) is 71.9 Å². The highest BCUT2D eigenvalue weighted by molar-refractivity contribution is 7.99. The van der Waals surface area contributed by atoms with E-state index in [2.05, 4.69) is 60.1 Å². The molecule has 0 saturated carbocycles. The number of aromatic nitrogens is 3. The first kappa shape index (κ1) is 36.8.